The summed E-state index contributed by atoms with van der Waals surface area (Å²) in [6.45, 7) is 0. The number of aromatic carboxylic acids is 1. The Morgan fingerprint density at radius 2 is 2.29 bits per heavy atom. The Hall–Kier alpha value is -2.63. The highest BCUT2D eigenvalue weighted by molar-refractivity contribution is 5.92. The molecule has 0 bridgehead atoms. The van der Waals surface area contributed by atoms with Gasteiger partial charge in [-0.2, -0.15) is 0 Å². The molecule has 0 fully saturated rings. The second-order valence-electron chi connectivity index (χ2n) is 3.47. The SMILES string of the molecule is O=C(O)c1coc(-c2ncnc3[nH]ccc23)c1. The number of carbonyl (C=O) groups is 1. The molecule has 17 heavy (non-hydrogen) atoms. The zero-order chi connectivity index (χ0) is 11.8. The van der Waals surface area contributed by atoms with Crippen LogP contribution in [0.25, 0.3) is 22.5 Å². The molecule has 6 nitrogen and oxygen atoms in total. The van der Waals surface area contributed by atoms with E-state index in [1.165, 1.54) is 18.7 Å². The van der Waals surface area contributed by atoms with Crippen LogP contribution in [-0.2, 0) is 0 Å². The Labute approximate surface area is 94.9 Å². The third-order valence-corrected chi connectivity index (χ3v) is 2.43. The Bertz CT molecular complexity index is 699. The summed E-state index contributed by atoms with van der Waals surface area (Å²) in [5.41, 5.74) is 1.36. The molecule has 3 rings (SSSR count). The van der Waals surface area contributed by atoms with Gasteiger partial charge in [0.25, 0.3) is 0 Å². The largest absolute Gasteiger partial charge is 0.478 e. The van der Waals surface area contributed by atoms with Gasteiger partial charge >= 0.3 is 5.97 Å². The molecule has 0 aliphatic carbocycles. The quantitative estimate of drug-likeness (QED) is 0.700. The normalized spacial score (nSPS) is 10.8. The van der Waals surface area contributed by atoms with E-state index in [0.717, 1.165) is 5.39 Å². The molecule has 0 aliphatic rings. The molecule has 0 atom stereocenters. The summed E-state index contributed by atoms with van der Waals surface area (Å²) in [7, 11) is 0. The number of nitrogens with zero attached hydrogens (tertiary/aromatic N) is 2. The molecule has 3 aromatic rings. The molecular weight excluding hydrogens is 222 g/mol. The van der Waals surface area contributed by atoms with Crippen LogP contribution >= 0.6 is 0 Å². The van der Waals surface area contributed by atoms with Crippen molar-refractivity contribution in [3.63, 3.8) is 0 Å². The first-order valence-corrected chi connectivity index (χ1v) is 4.86. The van der Waals surface area contributed by atoms with Gasteiger partial charge in [-0.25, -0.2) is 14.8 Å². The van der Waals surface area contributed by atoms with Gasteiger partial charge in [0.15, 0.2) is 5.76 Å². The maximum Gasteiger partial charge on any atom is 0.338 e. The van der Waals surface area contributed by atoms with Gasteiger partial charge in [-0.3, -0.25) is 0 Å². The fraction of sp³-hybridized carbons (Fsp3) is 0. The molecule has 3 aromatic heterocycles. The minimum atomic E-state index is -1.03. The molecule has 0 saturated carbocycles. The predicted octanol–water partition coefficient (Wildman–Crippen LogP) is 1.92. The second kappa shape index (κ2) is 3.44. The van der Waals surface area contributed by atoms with E-state index < -0.39 is 5.97 Å². The molecule has 2 N–H and O–H groups in total. The monoisotopic (exact) mass is 229 g/mol. The van der Waals surface area contributed by atoms with Crippen LogP contribution in [-0.4, -0.2) is 26.0 Å². The fourth-order valence-electron chi connectivity index (χ4n) is 1.64. The van der Waals surface area contributed by atoms with E-state index in [2.05, 4.69) is 15.0 Å². The minimum Gasteiger partial charge on any atom is -0.478 e. The number of H-pyrrole nitrogens is 1. The van der Waals surface area contributed by atoms with E-state index >= 15 is 0 Å². The molecule has 0 amide bonds. The second-order valence-corrected chi connectivity index (χ2v) is 3.47. The summed E-state index contributed by atoms with van der Waals surface area (Å²) >= 11 is 0. The van der Waals surface area contributed by atoms with Gasteiger partial charge in [0, 0.05) is 17.6 Å². The molecule has 0 aromatic carbocycles. The lowest BCUT2D eigenvalue weighted by Gasteiger charge is -1.96. The number of furan rings is 1. The maximum absolute atomic E-state index is 10.8. The van der Waals surface area contributed by atoms with Crippen LogP contribution in [0.2, 0.25) is 0 Å². The number of carboxylic acids is 1. The van der Waals surface area contributed by atoms with Crippen LogP contribution in [0, 0.1) is 0 Å². The van der Waals surface area contributed by atoms with Crippen LogP contribution in [0.1, 0.15) is 10.4 Å². The molecule has 0 saturated heterocycles. The molecular formula is C11H7N3O3. The van der Waals surface area contributed by atoms with Gasteiger partial charge < -0.3 is 14.5 Å². The van der Waals surface area contributed by atoms with Crippen LogP contribution < -0.4 is 0 Å². The molecule has 0 spiro atoms. The highest BCUT2D eigenvalue weighted by atomic mass is 16.4. The van der Waals surface area contributed by atoms with Crippen molar-refractivity contribution in [2.45, 2.75) is 0 Å². The highest BCUT2D eigenvalue weighted by Gasteiger charge is 2.13. The number of aromatic nitrogens is 3. The Balaban J connectivity index is 2.19. The lowest BCUT2D eigenvalue weighted by Crippen LogP contribution is -1.91. The maximum atomic E-state index is 10.8. The van der Waals surface area contributed by atoms with E-state index in [1.54, 1.807) is 6.20 Å². The van der Waals surface area contributed by atoms with E-state index in [9.17, 15) is 4.79 Å². The van der Waals surface area contributed by atoms with Gasteiger partial charge in [0.2, 0.25) is 0 Å². The van der Waals surface area contributed by atoms with Crippen molar-refractivity contribution < 1.29 is 14.3 Å². The number of nitrogens with one attached hydrogen (secondary N) is 1. The lowest BCUT2D eigenvalue weighted by atomic mass is 10.2. The molecule has 6 heteroatoms. The third kappa shape index (κ3) is 1.46. The van der Waals surface area contributed by atoms with E-state index in [0.29, 0.717) is 17.1 Å². The average molecular weight is 229 g/mol. The number of fused-ring (bicyclic) bond motifs is 1. The number of aromatic amines is 1. The van der Waals surface area contributed by atoms with Gasteiger partial charge in [-0.05, 0) is 6.07 Å². The first kappa shape index (κ1) is 9.59. The van der Waals surface area contributed by atoms with Gasteiger partial charge in [-0.15, -0.1) is 0 Å². The lowest BCUT2D eigenvalue weighted by molar-refractivity contribution is 0.0696. The summed E-state index contributed by atoms with van der Waals surface area (Å²) in [5, 5.41) is 9.61. The highest BCUT2D eigenvalue weighted by Crippen LogP contribution is 2.26. The zero-order valence-electron chi connectivity index (χ0n) is 8.54. The Morgan fingerprint density at radius 3 is 3.06 bits per heavy atom. The van der Waals surface area contributed by atoms with Crippen LogP contribution in [0.15, 0.2) is 35.3 Å². The number of hydrogen-bond donors (Lipinski definition) is 2. The standard InChI is InChI=1S/C11H7N3O3/c15-11(16)6-3-8(17-4-6)9-7-1-2-12-10(7)14-5-13-9/h1-5H,(H,15,16)(H,12,13,14). The molecule has 0 radical (unpaired) electrons. The van der Waals surface area contributed by atoms with Crippen LogP contribution in [0.5, 0.6) is 0 Å². The van der Waals surface area contributed by atoms with Crippen molar-refractivity contribution in [1.29, 1.82) is 0 Å². The molecule has 0 unspecified atom stereocenters. The minimum absolute atomic E-state index is 0.0993. The number of rotatable bonds is 2. The molecule has 3 heterocycles. The van der Waals surface area contributed by atoms with Crippen LogP contribution in [0.3, 0.4) is 0 Å². The van der Waals surface area contributed by atoms with Crippen molar-refractivity contribution in [3.05, 3.63) is 36.5 Å². The first-order valence-electron chi connectivity index (χ1n) is 4.86. The molecule has 0 aliphatic heterocycles. The Kier molecular flexibility index (Phi) is 1.94. The van der Waals surface area contributed by atoms with Crippen molar-refractivity contribution in [2.24, 2.45) is 0 Å². The Morgan fingerprint density at radius 1 is 1.41 bits per heavy atom. The zero-order valence-corrected chi connectivity index (χ0v) is 8.54. The van der Waals surface area contributed by atoms with E-state index in [1.807, 2.05) is 6.07 Å². The summed E-state index contributed by atoms with van der Waals surface area (Å²) in [4.78, 5) is 21.9. The van der Waals surface area contributed by atoms with E-state index in [4.69, 9.17) is 9.52 Å². The average Bonchev–Trinajstić information content (AvgIpc) is 2.97. The smallest absolute Gasteiger partial charge is 0.338 e. The van der Waals surface area contributed by atoms with Gasteiger partial charge in [0.05, 0.1) is 5.56 Å². The van der Waals surface area contributed by atoms with Crippen molar-refractivity contribution in [1.82, 2.24) is 15.0 Å². The topological polar surface area (TPSA) is 92.0 Å². The number of hydrogen-bond acceptors (Lipinski definition) is 4. The fourth-order valence-corrected chi connectivity index (χ4v) is 1.64. The molecule has 84 valence electrons. The summed E-state index contributed by atoms with van der Waals surface area (Å²) in [5.74, 6) is -0.617. The summed E-state index contributed by atoms with van der Waals surface area (Å²) in [6.07, 6.45) is 4.33. The van der Waals surface area contributed by atoms with Crippen molar-refractivity contribution >= 4 is 17.0 Å². The van der Waals surface area contributed by atoms with Gasteiger partial charge in [0.1, 0.15) is 23.9 Å². The summed E-state index contributed by atoms with van der Waals surface area (Å²) < 4.78 is 5.20. The number of carboxylic acid groups (broad SMARTS) is 1. The van der Waals surface area contributed by atoms with Gasteiger partial charge in [-0.1, -0.05) is 0 Å². The summed E-state index contributed by atoms with van der Waals surface area (Å²) in [6, 6.07) is 3.25. The predicted molar refractivity (Wildman–Crippen MR) is 58.6 cm³/mol. The third-order valence-electron chi connectivity index (χ3n) is 2.43. The van der Waals surface area contributed by atoms with Crippen LogP contribution in [0.4, 0.5) is 0 Å². The first-order chi connectivity index (χ1) is 8.25. The van der Waals surface area contributed by atoms with E-state index in [-0.39, 0.29) is 5.56 Å². The van der Waals surface area contributed by atoms with Crippen molar-refractivity contribution in [3.8, 4) is 11.5 Å². The van der Waals surface area contributed by atoms with Crippen molar-refractivity contribution in [2.75, 3.05) is 0 Å².